The van der Waals surface area contributed by atoms with Gasteiger partial charge in [-0.2, -0.15) is 0 Å². The van der Waals surface area contributed by atoms with Gasteiger partial charge in [0.2, 0.25) is 5.91 Å². The van der Waals surface area contributed by atoms with E-state index < -0.39 is 11.7 Å². The summed E-state index contributed by atoms with van der Waals surface area (Å²) < 4.78 is 15.2. The number of halogens is 2. The second-order valence-corrected chi connectivity index (χ2v) is 7.92. The highest BCUT2D eigenvalue weighted by atomic mass is 35.5. The average molecular weight is 430 g/mol. The second kappa shape index (κ2) is 8.39. The van der Waals surface area contributed by atoms with E-state index >= 15 is 0 Å². The number of likely N-dealkylation sites (N-methyl/N-ethyl adjacent to an activating group) is 1. The number of amides is 2. The van der Waals surface area contributed by atoms with E-state index in [4.69, 9.17) is 11.6 Å². The maximum Gasteiger partial charge on any atom is 0.254 e. The van der Waals surface area contributed by atoms with Gasteiger partial charge in [0.1, 0.15) is 11.3 Å². The molecule has 1 N–H and O–H groups in total. The lowest BCUT2D eigenvalue weighted by Crippen LogP contribution is -2.34. The molecule has 1 aliphatic carbocycles. The molecule has 9 heteroatoms. The molecule has 0 spiro atoms. The van der Waals surface area contributed by atoms with Crippen LogP contribution in [0, 0.1) is 5.82 Å². The number of hydrogen-bond acceptors (Lipinski definition) is 4. The van der Waals surface area contributed by atoms with Crippen LogP contribution in [0.4, 0.5) is 10.1 Å². The van der Waals surface area contributed by atoms with Crippen molar-refractivity contribution in [1.82, 2.24) is 19.9 Å². The zero-order valence-corrected chi connectivity index (χ0v) is 17.2. The lowest BCUT2D eigenvalue weighted by molar-refractivity contribution is -0.116. The number of anilines is 1. The van der Waals surface area contributed by atoms with Crippen molar-refractivity contribution >= 4 is 40.1 Å². The van der Waals surface area contributed by atoms with E-state index in [2.05, 4.69) is 15.6 Å². The van der Waals surface area contributed by atoms with E-state index in [-0.39, 0.29) is 17.5 Å². The van der Waals surface area contributed by atoms with Crippen molar-refractivity contribution in [3.63, 3.8) is 0 Å². The Labute approximate surface area is 177 Å². The van der Waals surface area contributed by atoms with Crippen LogP contribution in [-0.2, 0) is 4.79 Å². The monoisotopic (exact) mass is 429 g/mol. The summed E-state index contributed by atoms with van der Waals surface area (Å²) in [4.78, 5) is 26.3. The van der Waals surface area contributed by atoms with Gasteiger partial charge in [0.25, 0.3) is 5.91 Å². The fourth-order valence-electron chi connectivity index (χ4n) is 3.78. The van der Waals surface area contributed by atoms with E-state index in [0.717, 1.165) is 18.4 Å². The van der Waals surface area contributed by atoms with Gasteiger partial charge in [0, 0.05) is 18.3 Å². The summed E-state index contributed by atoms with van der Waals surface area (Å²) in [5.74, 6) is -1.29. The molecule has 1 aliphatic rings. The fraction of sp³-hybridized carbons (Fsp3) is 0.333. The molecule has 0 unspecified atom stereocenters. The zero-order valence-electron chi connectivity index (χ0n) is 16.4. The maximum absolute atomic E-state index is 13.2. The molecular formula is C21H21ClFN5O2. The van der Waals surface area contributed by atoms with Crippen LogP contribution in [0.3, 0.4) is 0 Å². The highest BCUT2D eigenvalue weighted by Crippen LogP contribution is 2.31. The Morgan fingerprint density at radius 3 is 2.73 bits per heavy atom. The van der Waals surface area contributed by atoms with E-state index in [1.807, 2.05) is 10.7 Å². The molecule has 0 saturated heterocycles. The number of rotatable bonds is 5. The van der Waals surface area contributed by atoms with Crippen LogP contribution in [0.2, 0.25) is 5.02 Å². The van der Waals surface area contributed by atoms with E-state index in [1.54, 1.807) is 19.2 Å². The number of benzene rings is 2. The third-order valence-corrected chi connectivity index (χ3v) is 5.61. The maximum atomic E-state index is 13.2. The van der Waals surface area contributed by atoms with Crippen LogP contribution in [0.1, 0.15) is 42.1 Å². The molecule has 7 nitrogen and oxygen atoms in total. The molecule has 1 aromatic heterocycles. The topological polar surface area (TPSA) is 80.1 Å². The first kappa shape index (κ1) is 20.3. The Morgan fingerprint density at radius 2 is 2.00 bits per heavy atom. The minimum Gasteiger partial charge on any atom is -0.332 e. The van der Waals surface area contributed by atoms with Crippen molar-refractivity contribution in [2.75, 3.05) is 18.9 Å². The lowest BCUT2D eigenvalue weighted by atomic mass is 10.1. The van der Waals surface area contributed by atoms with Crippen LogP contribution >= 0.6 is 11.6 Å². The largest absolute Gasteiger partial charge is 0.332 e. The summed E-state index contributed by atoms with van der Waals surface area (Å²) in [5.41, 5.74) is 2.36. The molecule has 0 bridgehead atoms. The Morgan fingerprint density at radius 1 is 1.23 bits per heavy atom. The molecule has 0 radical (unpaired) electrons. The lowest BCUT2D eigenvalue weighted by Gasteiger charge is -2.17. The minimum atomic E-state index is -0.567. The highest BCUT2D eigenvalue weighted by molar-refractivity contribution is 6.31. The fourth-order valence-corrected chi connectivity index (χ4v) is 3.96. The van der Waals surface area contributed by atoms with Crippen LogP contribution in [0.5, 0.6) is 0 Å². The molecule has 4 rings (SSSR count). The van der Waals surface area contributed by atoms with Gasteiger partial charge in [-0.1, -0.05) is 29.7 Å². The first-order chi connectivity index (χ1) is 14.4. The van der Waals surface area contributed by atoms with Gasteiger partial charge in [-0.05, 0) is 49.2 Å². The summed E-state index contributed by atoms with van der Waals surface area (Å²) in [6, 6.07) is 9.54. The predicted octanol–water partition coefficient (Wildman–Crippen LogP) is 4.05. The summed E-state index contributed by atoms with van der Waals surface area (Å²) in [6.07, 6.45) is 4.58. The molecule has 2 amide bonds. The van der Waals surface area contributed by atoms with Crippen molar-refractivity contribution in [2.45, 2.75) is 31.7 Å². The Bertz CT molecular complexity index is 1110. The van der Waals surface area contributed by atoms with Gasteiger partial charge < -0.3 is 10.2 Å². The first-order valence-corrected chi connectivity index (χ1v) is 10.2. The zero-order chi connectivity index (χ0) is 21.3. The molecule has 1 saturated carbocycles. The molecule has 30 heavy (non-hydrogen) atoms. The summed E-state index contributed by atoms with van der Waals surface area (Å²) in [6.45, 7) is -0.166. The van der Waals surface area contributed by atoms with Crippen molar-refractivity contribution in [1.29, 1.82) is 0 Å². The third kappa shape index (κ3) is 4.14. The van der Waals surface area contributed by atoms with Gasteiger partial charge in [0.05, 0.1) is 23.1 Å². The summed E-state index contributed by atoms with van der Waals surface area (Å²) in [5, 5.41) is 11.0. The number of hydrogen-bond donors (Lipinski definition) is 1. The van der Waals surface area contributed by atoms with E-state index in [1.165, 1.54) is 35.9 Å². The summed E-state index contributed by atoms with van der Waals surface area (Å²) >= 11 is 5.72. The quantitative estimate of drug-likeness (QED) is 0.663. The molecular weight excluding hydrogens is 409 g/mol. The van der Waals surface area contributed by atoms with Crippen LogP contribution in [0.15, 0.2) is 36.4 Å². The SMILES string of the molecule is CN(CC(=O)Nc1ccc(F)c(Cl)c1)C(=O)c1ccc2c(c1)nnn2C1CCCC1. The smallest absolute Gasteiger partial charge is 0.254 e. The van der Waals surface area contributed by atoms with E-state index in [9.17, 15) is 14.0 Å². The number of nitrogens with zero attached hydrogens (tertiary/aromatic N) is 4. The van der Waals surface area contributed by atoms with Crippen molar-refractivity contribution in [2.24, 2.45) is 0 Å². The van der Waals surface area contributed by atoms with Crippen molar-refractivity contribution in [3.05, 3.63) is 52.8 Å². The first-order valence-electron chi connectivity index (χ1n) is 9.77. The van der Waals surface area contributed by atoms with Gasteiger partial charge in [-0.3, -0.25) is 9.59 Å². The standard InChI is InChI=1S/C21H21ClFN5O2/c1-27(12-20(29)24-14-7-8-17(23)16(22)11-14)21(30)13-6-9-19-18(10-13)25-26-28(19)15-4-2-3-5-15/h6-11,15H,2-5,12H2,1H3,(H,24,29). The number of carbonyl (C=O) groups is 2. The number of carbonyl (C=O) groups excluding carboxylic acids is 2. The van der Waals surface area contributed by atoms with Gasteiger partial charge in [0.15, 0.2) is 0 Å². The molecule has 1 heterocycles. The average Bonchev–Trinajstić information content (AvgIpc) is 3.39. The molecule has 0 aliphatic heterocycles. The minimum absolute atomic E-state index is 0.0869. The number of nitrogens with one attached hydrogen (secondary N) is 1. The van der Waals surface area contributed by atoms with E-state index in [0.29, 0.717) is 22.8 Å². The third-order valence-electron chi connectivity index (χ3n) is 5.32. The van der Waals surface area contributed by atoms with Crippen molar-refractivity contribution < 1.29 is 14.0 Å². The molecule has 3 aromatic rings. The number of fused-ring (bicyclic) bond motifs is 1. The molecule has 2 aromatic carbocycles. The Balaban J connectivity index is 1.43. The molecule has 1 fully saturated rings. The molecule has 0 atom stereocenters. The Kier molecular flexibility index (Phi) is 5.67. The Hall–Kier alpha value is -3.00. The number of aromatic nitrogens is 3. The molecule has 156 valence electrons. The highest BCUT2D eigenvalue weighted by Gasteiger charge is 2.21. The normalized spacial score (nSPS) is 14.2. The van der Waals surface area contributed by atoms with Crippen LogP contribution in [-0.4, -0.2) is 45.3 Å². The van der Waals surface area contributed by atoms with Crippen LogP contribution in [0.25, 0.3) is 11.0 Å². The van der Waals surface area contributed by atoms with Gasteiger partial charge >= 0.3 is 0 Å². The van der Waals surface area contributed by atoms with Gasteiger partial charge in [-0.25, -0.2) is 9.07 Å². The van der Waals surface area contributed by atoms with Crippen molar-refractivity contribution in [3.8, 4) is 0 Å². The summed E-state index contributed by atoms with van der Waals surface area (Å²) in [7, 11) is 1.54. The van der Waals surface area contributed by atoms with Crippen LogP contribution < -0.4 is 5.32 Å². The predicted molar refractivity (Wildman–Crippen MR) is 112 cm³/mol. The van der Waals surface area contributed by atoms with Gasteiger partial charge in [-0.15, -0.1) is 5.10 Å². The second-order valence-electron chi connectivity index (χ2n) is 7.51.